The van der Waals surface area contributed by atoms with Gasteiger partial charge in [-0.1, -0.05) is 97.8 Å². The molecule has 0 rings (SSSR count). The van der Waals surface area contributed by atoms with Gasteiger partial charge in [-0.25, -0.2) is 4.79 Å². The number of unbranched alkanes of at least 4 members (excludes halogenated alkanes) is 9. The van der Waals surface area contributed by atoms with E-state index in [1.54, 1.807) is 0 Å². The molecule has 2 unspecified atom stereocenters. The van der Waals surface area contributed by atoms with E-state index < -0.39 is 34.8 Å². The van der Waals surface area contributed by atoms with Gasteiger partial charge in [0.15, 0.2) is 5.60 Å². The predicted molar refractivity (Wildman–Crippen MR) is 142 cm³/mol. The van der Waals surface area contributed by atoms with E-state index in [1.165, 1.54) is 0 Å². The minimum Gasteiger partial charge on any atom is -0.481 e. The lowest BCUT2D eigenvalue weighted by Crippen LogP contribution is -2.64. The van der Waals surface area contributed by atoms with Crippen molar-refractivity contribution in [2.75, 3.05) is 13.2 Å². The first-order valence-corrected chi connectivity index (χ1v) is 14.1. The molecule has 0 aromatic carbocycles. The number of ether oxygens (including phenoxy) is 1. The smallest absolute Gasteiger partial charge is 0.337 e. The Hall–Kier alpha value is -1.67. The summed E-state index contributed by atoms with van der Waals surface area (Å²) < 4.78 is 4.83. The summed E-state index contributed by atoms with van der Waals surface area (Å²) in [6.45, 7) is 11.7. The summed E-state index contributed by atoms with van der Waals surface area (Å²) in [7, 11) is 0. The van der Waals surface area contributed by atoms with Crippen LogP contribution in [0.1, 0.15) is 131 Å². The Morgan fingerprint density at radius 3 is 1.33 bits per heavy atom. The predicted octanol–water partition coefficient (Wildman–Crippen LogP) is 6.53. The van der Waals surface area contributed by atoms with Crippen LogP contribution in [-0.2, 0) is 19.1 Å². The second-order valence-electron chi connectivity index (χ2n) is 9.60. The van der Waals surface area contributed by atoms with Crippen molar-refractivity contribution in [3.8, 4) is 0 Å². The minimum absolute atomic E-state index is 0.0456. The van der Waals surface area contributed by atoms with Gasteiger partial charge in [0.05, 0.1) is 5.92 Å². The first-order valence-electron chi connectivity index (χ1n) is 14.1. The van der Waals surface area contributed by atoms with Crippen LogP contribution in [0.5, 0.6) is 0 Å². The standard InChI is InChI=1S/C24H44O7.C4H10O/c1-4-7-10-13-16-19(20(25)26)24(31,22(29)30)23(21(27)28,17-14-11-8-5-2)18-15-12-9-6-3;1-3-5-4-2/h19,31H,4-18H2,1-3H3,(H,25,26)(H,27,28)(H,29,30);3-4H2,1-2H3. The van der Waals surface area contributed by atoms with Gasteiger partial charge in [-0.3, -0.25) is 9.59 Å². The van der Waals surface area contributed by atoms with Gasteiger partial charge in [0.25, 0.3) is 0 Å². The van der Waals surface area contributed by atoms with Gasteiger partial charge in [0.1, 0.15) is 5.41 Å². The Morgan fingerprint density at radius 1 is 0.639 bits per heavy atom. The van der Waals surface area contributed by atoms with E-state index in [0.29, 0.717) is 38.5 Å². The zero-order valence-corrected chi connectivity index (χ0v) is 23.5. The van der Waals surface area contributed by atoms with E-state index in [1.807, 2.05) is 34.6 Å². The Balaban J connectivity index is 0. The van der Waals surface area contributed by atoms with E-state index in [0.717, 1.165) is 51.7 Å². The van der Waals surface area contributed by atoms with Gasteiger partial charge in [-0.15, -0.1) is 0 Å². The fraction of sp³-hybridized carbons (Fsp3) is 0.893. The van der Waals surface area contributed by atoms with Crippen LogP contribution in [0.3, 0.4) is 0 Å². The third kappa shape index (κ3) is 12.0. The first-order chi connectivity index (χ1) is 17.1. The highest BCUT2D eigenvalue weighted by molar-refractivity contribution is 5.93. The maximum atomic E-state index is 12.6. The molecule has 36 heavy (non-hydrogen) atoms. The van der Waals surface area contributed by atoms with Crippen LogP contribution in [0.4, 0.5) is 0 Å². The van der Waals surface area contributed by atoms with Gasteiger partial charge in [0.2, 0.25) is 0 Å². The molecule has 0 fully saturated rings. The Morgan fingerprint density at radius 2 is 1.06 bits per heavy atom. The highest BCUT2D eigenvalue weighted by Gasteiger charge is 2.65. The quantitative estimate of drug-likeness (QED) is 0.119. The van der Waals surface area contributed by atoms with Crippen molar-refractivity contribution in [1.82, 2.24) is 0 Å². The van der Waals surface area contributed by atoms with Crippen molar-refractivity contribution in [2.24, 2.45) is 11.3 Å². The fourth-order valence-corrected chi connectivity index (χ4v) is 4.77. The maximum Gasteiger partial charge on any atom is 0.337 e. The summed E-state index contributed by atoms with van der Waals surface area (Å²) in [5.74, 6) is -6.28. The molecule has 214 valence electrons. The Kier molecular flexibility index (Phi) is 21.7. The van der Waals surface area contributed by atoms with E-state index in [9.17, 15) is 34.8 Å². The average molecular weight is 519 g/mol. The second-order valence-corrected chi connectivity index (χ2v) is 9.60. The molecule has 0 amide bonds. The molecule has 0 aromatic heterocycles. The van der Waals surface area contributed by atoms with E-state index in [2.05, 4.69) is 0 Å². The van der Waals surface area contributed by atoms with Crippen LogP contribution < -0.4 is 0 Å². The number of carboxylic acid groups (broad SMARTS) is 3. The zero-order valence-electron chi connectivity index (χ0n) is 23.5. The molecule has 8 heteroatoms. The molecule has 0 aromatic rings. The van der Waals surface area contributed by atoms with Crippen molar-refractivity contribution in [2.45, 2.75) is 137 Å². The largest absolute Gasteiger partial charge is 0.481 e. The minimum atomic E-state index is -2.87. The first kappa shape index (κ1) is 36.5. The average Bonchev–Trinajstić information content (AvgIpc) is 2.83. The Bertz CT molecular complexity index is 578. The molecule has 2 atom stereocenters. The molecule has 0 aliphatic carbocycles. The molecule has 0 bridgehead atoms. The molecular formula is C28H54O8. The van der Waals surface area contributed by atoms with Gasteiger partial charge < -0.3 is 25.2 Å². The molecular weight excluding hydrogens is 464 g/mol. The van der Waals surface area contributed by atoms with Gasteiger partial charge in [0, 0.05) is 13.2 Å². The molecule has 0 heterocycles. The lowest BCUT2D eigenvalue weighted by atomic mass is 9.59. The molecule has 0 aliphatic heterocycles. The summed E-state index contributed by atoms with van der Waals surface area (Å²) in [5.41, 5.74) is -4.90. The van der Waals surface area contributed by atoms with Gasteiger partial charge in [-0.05, 0) is 33.1 Å². The lowest BCUT2D eigenvalue weighted by Gasteiger charge is -2.45. The number of aliphatic hydroxyl groups is 1. The van der Waals surface area contributed by atoms with Crippen LogP contribution in [0, 0.1) is 11.3 Å². The van der Waals surface area contributed by atoms with Crippen molar-refractivity contribution in [3.63, 3.8) is 0 Å². The van der Waals surface area contributed by atoms with Crippen LogP contribution >= 0.6 is 0 Å². The highest BCUT2D eigenvalue weighted by Crippen LogP contribution is 2.48. The van der Waals surface area contributed by atoms with E-state index in [4.69, 9.17) is 4.74 Å². The summed E-state index contributed by atoms with van der Waals surface area (Å²) in [4.78, 5) is 37.1. The van der Waals surface area contributed by atoms with Crippen LogP contribution in [0.15, 0.2) is 0 Å². The molecule has 0 aliphatic rings. The number of aliphatic carboxylic acids is 3. The highest BCUT2D eigenvalue weighted by atomic mass is 16.5. The summed E-state index contributed by atoms with van der Waals surface area (Å²) in [6.07, 6.45) is 8.68. The molecule has 0 saturated carbocycles. The van der Waals surface area contributed by atoms with Crippen LogP contribution in [0.2, 0.25) is 0 Å². The monoisotopic (exact) mass is 518 g/mol. The summed E-state index contributed by atoms with van der Waals surface area (Å²) in [5, 5.41) is 41.7. The fourth-order valence-electron chi connectivity index (χ4n) is 4.77. The second kappa shape index (κ2) is 21.4. The maximum absolute atomic E-state index is 12.6. The molecule has 4 N–H and O–H groups in total. The summed E-state index contributed by atoms with van der Waals surface area (Å²) in [6, 6.07) is 0. The molecule has 8 nitrogen and oxygen atoms in total. The normalized spacial score (nSPS) is 13.8. The molecule has 0 radical (unpaired) electrons. The Labute approximate surface area is 218 Å². The van der Waals surface area contributed by atoms with Gasteiger partial charge >= 0.3 is 17.9 Å². The number of hydrogen-bond acceptors (Lipinski definition) is 5. The van der Waals surface area contributed by atoms with Crippen molar-refractivity contribution in [3.05, 3.63) is 0 Å². The van der Waals surface area contributed by atoms with Gasteiger partial charge in [-0.2, -0.15) is 0 Å². The lowest BCUT2D eigenvalue weighted by molar-refractivity contribution is -0.207. The van der Waals surface area contributed by atoms with E-state index >= 15 is 0 Å². The van der Waals surface area contributed by atoms with E-state index in [-0.39, 0.29) is 19.3 Å². The summed E-state index contributed by atoms with van der Waals surface area (Å²) >= 11 is 0. The molecule has 0 spiro atoms. The SMILES string of the molecule is CCCCCCC(C(=O)O)C(O)(C(=O)O)C(CCCCCC)(CCCCCC)C(=O)O.CCOCC. The number of hydrogen-bond donors (Lipinski definition) is 4. The third-order valence-electron chi connectivity index (χ3n) is 6.94. The van der Waals surface area contributed by atoms with Crippen molar-refractivity contribution < 1.29 is 39.5 Å². The van der Waals surface area contributed by atoms with Crippen LogP contribution in [0.25, 0.3) is 0 Å². The molecule has 0 saturated heterocycles. The topological polar surface area (TPSA) is 141 Å². The van der Waals surface area contributed by atoms with Crippen molar-refractivity contribution >= 4 is 17.9 Å². The number of carbonyl (C=O) groups is 3. The van der Waals surface area contributed by atoms with Crippen LogP contribution in [-0.4, -0.2) is 57.1 Å². The third-order valence-corrected chi connectivity index (χ3v) is 6.94. The number of rotatable bonds is 22. The van der Waals surface area contributed by atoms with Crippen molar-refractivity contribution in [1.29, 1.82) is 0 Å². The zero-order chi connectivity index (χ0) is 28.0. The number of carboxylic acids is 3.